The van der Waals surface area contributed by atoms with Crippen LogP contribution >= 0.6 is 11.8 Å². The first-order chi connectivity index (χ1) is 12.2. The maximum absolute atomic E-state index is 12.8. The van der Waals surface area contributed by atoms with Crippen LogP contribution in [0.15, 0.2) is 53.4 Å². The van der Waals surface area contributed by atoms with Crippen molar-refractivity contribution in [3.8, 4) is 5.75 Å². The van der Waals surface area contributed by atoms with Gasteiger partial charge >= 0.3 is 0 Å². The quantitative estimate of drug-likeness (QED) is 0.734. The molecule has 1 atom stereocenters. The molecule has 5 heteroatoms. The van der Waals surface area contributed by atoms with Crippen molar-refractivity contribution in [1.29, 1.82) is 0 Å². The summed E-state index contributed by atoms with van der Waals surface area (Å²) in [6.45, 7) is 5.62. The number of ether oxygens (including phenoxy) is 1. The van der Waals surface area contributed by atoms with E-state index in [9.17, 15) is 4.79 Å². The highest BCUT2D eigenvalue weighted by Gasteiger charge is 2.24. The number of nitrogens with zero attached hydrogens (tertiary/aromatic N) is 1. The van der Waals surface area contributed by atoms with Gasteiger partial charge < -0.3 is 14.6 Å². The van der Waals surface area contributed by atoms with Gasteiger partial charge in [0.1, 0.15) is 11.4 Å². The SMILES string of the molecule is CCOc1ccc(NC(=O)c2cc3cccc4c3n2C[C@H](C)S4)cc1. The van der Waals surface area contributed by atoms with E-state index >= 15 is 0 Å². The molecule has 0 bridgehead atoms. The maximum Gasteiger partial charge on any atom is 0.272 e. The van der Waals surface area contributed by atoms with Crippen molar-refractivity contribution in [3.63, 3.8) is 0 Å². The van der Waals surface area contributed by atoms with E-state index in [1.807, 2.05) is 49.0 Å². The number of rotatable bonds is 4. The van der Waals surface area contributed by atoms with Gasteiger partial charge in [0, 0.05) is 27.8 Å². The first-order valence-electron chi connectivity index (χ1n) is 8.49. The Morgan fingerprint density at radius 3 is 2.84 bits per heavy atom. The number of hydrogen-bond donors (Lipinski definition) is 1. The topological polar surface area (TPSA) is 43.3 Å². The number of benzene rings is 2. The van der Waals surface area contributed by atoms with Crippen LogP contribution in [0.3, 0.4) is 0 Å². The lowest BCUT2D eigenvalue weighted by molar-refractivity contribution is 0.101. The largest absolute Gasteiger partial charge is 0.494 e. The Bertz CT molecular complexity index is 931. The van der Waals surface area contributed by atoms with Crippen molar-refractivity contribution in [2.75, 3.05) is 11.9 Å². The Morgan fingerprint density at radius 2 is 2.08 bits per heavy atom. The predicted molar refractivity (Wildman–Crippen MR) is 103 cm³/mol. The van der Waals surface area contributed by atoms with Crippen LogP contribution in [-0.4, -0.2) is 22.3 Å². The minimum atomic E-state index is -0.0783. The standard InChI is InChI=1S/C20H20N2O2S/c1-3-24-16-9-7-15(8-10-16)21-20(23)17-11-14-5-4-6-18-19(14)22(17)12-13(2)25-18/h4-11,13H,3,12H2,1-2H3,(H,21,23)/t13-/m0/s1. The number of thioether (sulfide) groups is 1. The zero-order valence-corrected chi connectivity index (χ0v) is 15.1. The van der Waals surface area contributed by atoms with E-state index in [2.05, 4.69) is 35.0 Å². The van der Waals surface area contributed by atoms with E-state index in [0.29, 0.717) is 17.6 Å². The average molecular weight is 352 g/mol. The first kappa shape index (κ1) is 16.1. The van der Waals surface area contributed by atoms with Crippen molar-refractivity contribution in [2.45, 2.75) is 30.5 Å². The summed E-state index contributed by atoms with van der Waals surface area (Å²) in [6.07, 6.45) is 0. The molecule has 1 aromatic heterocycles. The summed E-state index contributed by atoms with van der Waals surface area (Å²) in [4.78, 5) is 14.1. The zero-order chi connectivity index (χ0) is 17.4. The Balaban J connectivity index is 1.65. The second kappa shape index (κ2) is 6.48. The van der Waals surface area contributed by atoms with E-state index < -0.39 is 0 Å². The fourth-order valence-electron chi connectivity index (χ4n) is 3.27. The minimum absolute atomic E-state index is 0.0783. The number of carbonyl (C=O) groups is 1. The Labute approximate surface area is 151 Å². The van der Waals surface area contributed by atoms with Crippen molar-refractivity contribution in [2.24, 2.45) is 0 Å². The van der Waals surface area contributed by atoms with Gasteiger partial charge in [-0.25, -0.2) is 0 Å². The molecule has 0 aliphatic carbocycles. The molecule has 0 saturated carbocycles. The van der Waals surface area contributed by atoms with E-state index in [-0.39, 0.29) is 5.91 Å². The maximum atomic E-state index is 12.8. The van der Waals surface area contributed by atoms with Gasteiger partial charge in [-0.15, -0.1) is 11.8 Å². The van der Waals surface area contributed by atoms with E-state index in [0.717, 1.165) is 23.4 Å². The van der Waals surface area contributed by atoms with Crippen LogP contribution in [-0.2, 0) is 6.54 Å². The lowest BCUT2D eigenvalue weighted by Crippen LogP contribution is -2.21. The number of para-hydroxylation sites is 1. The number of carbonyl (C=O) groups excluding carboxylic acids is 1. The van der Waals surface area contributed by atoms with Crippen LogP contribution in [0.1, 0.15) is 24.3 Å². The Morgan fingerprint density at radius 1 is 1.28 bits per heavy atom. The summed E-state index contributed by atoms with van der Waals surface area (Å²) in [7, 11) is 0. The molecule has 3 aromatic rings. The van der Waals surface area contributed by atoms with Crippen molar-refractivity contribution in [1.82, 2.24) is 4.57 Å². The Hall–Kier alpha value is -2.40. The third-order valence-corrected chi connectivity index (χ3v) is 5.44. The van der Waals surface area contributed by atoms with Crippen LogP contribution in [0, 0.1) is 0 Å². The minimum Gasteiger partial charge on any atom is -0.494 e. The molecule has 2 heterocycles. The predicted octanol–water partition coefficient (Wildman–Crippen LogP) is 4.79. The normalized spacial score (nSPS) is 16.0. The number of anilines is 1. The molecule has 0 radical (unpaired) electrons. The summed E-state index contributed by atoms with van der Waals surface area (Å²) in [5, 5.41) is 4.57. The highest BCUT2D eigenvalue weighted by atomic mass is 32.2. The first-order valence-corrected chi connectivity index (χ1v) is 9.37. The molecule has 4 rings (SSSR count). The van der Waals surface area contributed by atoms with E-state index in [4.69, 9.17) is 4.74 Å². The van der Waals surface area contributed by atoms with Gasteiger partial charge in [-0.05, 0) is 43.3 Å². The summed E-state index contributed by atoms with van der Waals surface area (Å²) in [5.41, 5.74) is 2.65. The lowest BCUT2D eigenvalue weighted by Gasteiger charge is -2.22. The molecule has 0 spiro atoms. The van der Waals surface area contributed by atoms with Gasteiger partial charge in [0.25, 0.3) is 5.91 Å². The second-order valence-electron chi connectivity index (χ2n) is 6.17. The molecule has 2 aromatic carbocycles. The van der Waals surface area contributed by atoms with Crippen molar-refractivity contribution >= 4 is 34.3 Å². The number of nitrogens with one attached hydrogen (secondary N) is 1. The van der Waals surface area contributed by atoms with Gasteiger partial charge in [-0.3, -0.25) is 4.79 Å². The summed E-state index contributed by atoms with van der Waals surface area (Å²) in [5.74, 6) is 0.727. The van der Waals surface area contributed by atoms with E-state index in [1.54, 1.807) is 0 Å². The van der Waals surface area contributed by atoms with Gasteiger partial charge in [0.05, 0.1) is 12.1 Å². The zero-order valence-electron chi connectivity index (χ0n) is 14.3. The van der Waals surface area contributed by atoms with Gasteiger partial charge in [-0.2, -0.15) is 0 Å². The van der Waals surface area contributed by atoms with Crippen molar-refractivity contribution in [3.05, 3.63) is 54.2 Å². The monoisotopic (exact) mass is 352 g/mol. The van der Waals surface area contributed by atoms with Crippen molar-refractivity contribution < 1.29 is 9.53 Å². The summed E-state index contributed by atoms with van der Waals surface area (Å²) >= 11 is 1.87. The number of aromatic nitrogens is 1. The van der Waals surface area contributed by atoms with Gasteiger partial charge in [0.2, 0.25) is 0 Å². The molecule has 25 heavy (non-hydrogen) atoms. The molecule has 0 fully saturated rings. The fourth-order valence-corrected chi connectivity index (χ4v) is 4.42. The van der Waals surface area contributed by atoms with Crippen LogP contribution in [0.4, 0.5) is 5.69 Å². The van der Waals surface area contributed by atoms with Gasteiger partial charge in [0.15, 0.2) is 0 Å². The average Bonchev–Trinajstić information content (AvgIpc) is 2.97. The third-order valence-electron chi connectivity index (χ3n) is 4.31. The molecular weight excluding hydrogens is 332 g/mol. The molecule has 0 unspecified atom stereocenters. The molecule has 1 N–H and O–H groups in total. The molecular formula is C20H20N2O2S. The lowest BCUT2D eigenvalue weighted by atomic mass is 10.2. The molecule has 1 aliphatic heterocycles. The van der Waals surface area contributed by atoms with Crippen LogP contribution < -0.4 is 10.1 Å². The Kier molecular flexibility index (Phi) is 4.17. The van der Waals surface area contributed by atoms with Gasteiger partial charge in [-0.1, -0.05) is 19.1 Å². The van der Waals surface area contributed by atoms with Crippen LogP contribution in [0.5, 0.6) is 5.75 Å². The van der Waals surface area contributed by atoms with E-state index in [1.165, 1.54) is 10.4 Å². The number of amides is 1. The van der Waals surface area contributed by atoms with Crippen LogP contribution in [0.2, 0.25) is 0 Å². The van der Waals surface area contributed by atoms with Crippen LogP contribution in [0.25, 0.3) is 10.9 Å². The highest BCUT2D eigenvalue weighted by Crippen LogP contribution is 2.38. The molecule has 1 aliphatic rings. The summed E-state index contributed by atoms with van der Waals surface area (Å²) < 4.78 is 7.59. The molecule has 128 valence electrons. The smallest absolute Gasteiger partial charge is 0.272 e. The number of hydrogen-bond acceptors (Lipinski definition) is 3. The molecule has 1 amide bonds. The molecule has 0 saturated heterocycles. The third kappa shape index (κ3) is 3.00. The second-order valence-corrected chi connectivity index (χ2v) is 7.65. The molecule has 4 nitrogen and oxygen atoms in total. The fraction of sp³-hybridized carbons (Fsp3) is 0.250. The summed E-state index contributed by atoms with van der Waals surface area (Å²) in [6, 6.07) is 15.7. The highest BCUT2D eigenvalue weighted by molar-refractivity contribution is 8.00.